The van der Waals surface area contributed by atoms with Gasteiger partial charge < -0.3 is 10.1 Å². The molecular weight excluding hydrogens is 224 g/mol. The van der Waals surface area contributed by atoms with E-state index in [0.717, 1.165) is 12.8 Å². The Morgan fingerprint density at radius 2 is 2.06 bits per heavy atom. The highest BCUT2D eigenvalue weighted by atomic mass is 16.5. The number of rotatable bonds is 4. The van der Waals surface area contributed by atoms with Gasteiger partial charge in [-0.2, -0.15) is 5.26 Å². The van der Waals surface area contributed by atoms with Crippen molar-refractivity contribution < 1.29 is 4.74 Å². The van der Waals surface area contributed by atoms with E-state index in [4.69, 9.17) is 10.00 Å². The van der Waals surface area contributed by atoms with Crippen LogP contribution in [0.5, 0.6) is 0 Å². The number of nitrogens with zero attached hydrogens (tertiary/aromatic N) is 1. The van der Waals surface area contributed by atoms with Crippen molar-refractivity contribution in [3.8, 4) is 6.07 Å². The number of nitriles is 1. The van der Waals surface area contributed by atoms with Crippen LogP contribution in [0, 0.1) is 11.3 Å². The number of methoxy groups -OCH3 is 1. The second-order valence-electron chi connectivity index (χ2n) is 4.99. The molecule has 3 nitrogen and oxygen atoms in total. The van der Waals surface area contributed by atoms with E-state index in [2.05, 4.69) is 18.3 Å². The van der Waals surface area contributed by atoms with Gasteiger partial charge in [0.25, 0.3) is 0 Å². The Bertz CT molecular complexity index is 421. The van der Waals surface area contributed by atoms with Crippen LogP contribution in [0.15, 0.2) is 24.3 Å². The highest BCUT2D eigenvalue weighted by Crippen LogP contribution is 2.24. The van der Waals surface area contributed by atoms with Crippen LogP contribution in [0.2, 0.25) is 0 Å². The molecule has 96 valence electrons. The van der Waals surface area contributed by atoms with Gasteiger partial charge in [-0.25, -0.2) is 0 Å². The molecule has 1 N–H and O–H groups in total. The molecule has 0 heterocycles. The van der Waals surface area contributed by atoms with Crippen molar-refractivity contribution in [3.63, 3.8) is 0 Å². The summed E-state index contributed by atoms with van der Waals surface area (Å²) >= 11 is 0. The van der Waals surface area contributed by atoms with Gasteiger partial charge in [-0.1, -0.05) is 12.1 Å². The lowest BCUT2D eigenvalue weighted by Gasteiger charge is -2.20. The second kappa shape index (κ2) is 5.99. The zero-order valence-electron chi connectivity index (χ0n) is 11.0. The summed E-state index contributed by atoms with van der Waals surface area (Å²) in [5, 5.41) is 12.4. The van der Waals surface area contributed by atoms with Gasteiger partial charge in [-0.05, 0) is 43.9 Å². The van der Waals surface area contributed by atoms with Crippen LogP contribution in [-0.4, -0.2) is 19.3 Å². The highest BCUT2D eigenvalue weighted by molar-refractivity contribution is 5.32. The summed E-state index contributed by atoms with van der Waals surface area (Å²) in [6.45, 7) is 2.17. The van der Waals surface area contributed by atoms with E-state index in [1.807, 2.05) is 24.3 Å². The zero-order valence-corrected chi connectivity index (χ0v) is 11.0. The minimum absolute atomic E-state index is 0.318. The lowest BCUT2D eigenvalue weighted by Crippen LogP contribution is -2.29. The van der Waals surface area contributed by atoms with Gasteiger partial charge in [-0.15, -0.1) is 0 Å². The van der Waals surface area contributed by atoms with Crippen LogP contribution in [0.25, 0.3) is 0 Å². The number of nitrogens with one attached hydrogen (secondary N) is 1. The van der Waals surface area contributed by atoms with Crippen LogP contribution in [0.4, 0.5) is 0 Å². The van der Waals surface area contributed by atoms with Gasteiger partial charge in [0.15, 0.2) is 0 Å². The Morgan fingerprint density at radius 1 is 1.33 bits per heavy atom. The molecule has 2 rings (SSSR count). The zero-order chi connectivity index (χ0) is 13.0. The van der Waals surface area contributed by atoms with Crippen molar-refractivity contribution in [3.05, 3.63) is 35.4 Å². The molecule has 0 aliphatic heterocycles. The van der Waals surface area contributed by atoms with E-state index in [9.17, 15) is 0 Å². The Morgan fingerprint density at radius 3 is 2.61 bits per heavy atom. The van der Waals surface area contributed by atoms with E-state index in [-0.39, 0.29) is 0 Å². The van der Waals surface area contributed by atoms with Crippen LogP contribution in [0.1, 0.15) is 43.4 Å². The third-order valence-corrected chi connectivity index (χ3v) is 3.74. The lowest BCUT2D eigenvalue weighted by atomic mass is 10.1. The Hall–Kier alpha value is -1.37. The molecular formula is C15H20N2O. The normalized spacial score (nSPS) is 24.7. The first-order chi connectivity index (χ1) is 8.72. The Labute approximate surface area is 109 Å². The summed E-state index contributed by atoms with van der Waals surface area (Å²) in [6, 6.07) is 10.8. The van der Waals surface area contributed by atoms with Gasteiger partial charge in [0.05, 0.1) is 17.7 Å². The van der Waals surface area contributed by atoms with Crippen molar-refractivity contribution in [1.82, 2.24) is 5.32 Å². The van der Waals surface area contributed by atoms with Crippen LogP contribution >= 0.6 is 0 Å². The monoisotopic (exact) mass is 244 g/mol. The average Bonchev–Trinajstić information content (AvgIpc) is 2.86. The molecule has 1 saturated carbocycles. The molecule has 3 heteroatoms. The van der Waals surface area contributed by atoms with Crippen LogP contribution in [-0.2, 0) is 4.74 Å². The Kier molecular flexibility index (Phi) is 4.35. The predicted octanol–water partition coefficient (Wildman–Crippen LogP) is 2.78. The van der Waals surface area contributed by atoms with E-state index in [1.54, 1.807) is 7.11 Å². The van der Waals surface area contributed by atoms with E-state index in [1.165, 1.54) is 12.0 Å². The average molecular weight is 244 g/mol. The molecule has 0 amide bonds. The molecule has 1 aromatic carbocycles. The first kappa shape index (κ1) is 13.1. The first-order valence-corrected chi connectivity index (χ1v) is 6.52. The summed E-state index contributed by atoms with van der Waals surface area (Å²) in [5.41, 5.74) is 1.95. The van der Waals surface area contributed by atoms with Gasteiger partial charge in [0, 0.05) is 19.2 Å². The molecule has 3 atom stereocenters. The van der Waals surface area contributed by atoms with E-state index in [0.29, 0.717) is 23.8 Å². The third kappa shape index (κ3) is 3.10. The van der Waals surface area contributed by atoms with Gasteiger partial charge in [0.2, 0.25) is 0 Å². The minimum atomic E-state index is 0.318. The topological polar surface area (TPSA) is 45.0 Å². The highest BCUT2D eigenvalue weighted by Gasteiger charge is 2.25. The van der Waals surface area contributed by atoms with Gasteiger partial charge in [0.1, 0.15) is 0 Å². The van der Waals surface area contributed by atoms with Crippen molar-refractivity contribution in [2.45, 2.75) is 44.4 Å². The molecule has 0 bridgehead atoms. The second-order valence-corrected chi connectivity index (χ2v) is 4.99. The molecule has 0 spiro atoms. The molecule has 3 unspecified atom stereocenters. The SMILES string of the molecule is COC1CCC(NC(C)c2ccc(C#N)cc2)C1. The largest absolute Gasteiger partial charge is 0.381 e. The number of benzene rings is 1. The lowest BCUT2D eigenvalue weighted by molar-refractivity contribution is 0.106. The number of hydrogen-bond acceptors (Lipinski definition) is 3. The van der Waals surface area contributed by atoms with Crippen molar-refractivity contribution in [1.29, 1.82) is 5.26 Å². The molecule has 0 saturated heterocycles. The molecule has 1 aromatic rings. The summed E-state index contributed by atoms with van der Waals surface area (Å²) < 4.78 is 5.38. The standard InChI is InChI=1S/C15H20N2O/c1-11(13-5-3-12(10-16)4-6-13)17-14-7-8-15(9-14)18-2/h3-6,11,14-15,17H,7-9H2,1-2H3. The molecule has 1 fully saturated rings. The molecule has 18 heavy (non-hydrogen) atoms. The summed E-state index contributed by atoms with van der Waals surface area (Å²) in [6.07, 6.45) is 3.83. The maximum absolute atomic E-state index is 8.77. The fraction of sp³-hybridized carbons (Fsp3) is 0.533. The van der Waals surface area contributed by atoms with Crippen LogP contribution in [0.3, 0.4) is 0 Å². The van der Waals surface area contributed by atoms with Gasteiger partial charge >= 0.3 is 0 Å². The third-order valence-electron chi connectivity index (χ3n) is 3.74. The number of hydrogen-bond donors (Lipinski definition) is 1. The molecule has 0 aromatic heterocycles. The van der Waals surface area contributed by atoms with Crippen molar-refractivity contribution in [2.24, 2.45) is 0 Å². The fourth-order valence-corrected chi connectivity index (χ4v) is 2.60. The van der Waals surface area contributed by atoms with E-state index >= 15 is 0 Å². The first-order valence-electron chi connectivity index (χ1n) is 6.52. The molecule has 1 aliphatic carbocycles. The van der Waals surface area contributed by atoms with Crippen LogP contribution < -0.4 is 5.32 Å². The maximum Gasteiger partial charge on any atom is 0.0991 e. The smallest absolute Gasteiger partial charge is 0.0991 e. The predicted molar refractivity (Wildman–Crippen MR) is 71.1 cm³/mol. The molecule has 1 aliphatic rings. The fourth-order valence-electron chi connectivity index (χ4n) is 2.60. The number of ether oxygens (including phenoxy) is 1. The van der Waals surface area contributed by atoms with E-state index < -0.39 is 0 Å². The summed E-state index contributed by atoms with van der Waals surface area (Å²) in [5.74, 6) is 0. The van der Waals surface area contributed by atoms with Gasteiger partial charge in [-0.3, -0.25) is 0 Å². The maximum atomic E-state index is 8.77. The summed E-state index contributed by atoms with van der Waals surface area (Å²) in [7, 11) is 1.79. The molecule has 0 radical (unpaired) electrons. The van der Waals surface area contributed by atoms with Crippen molar-refractivity contribution in [2.75, 3.05) is 7.11 Å². The van der Waals surface area contributed by atoms with Crippen molar-refractivity contribution >= 4 is 0 Å². The quantitative estimate of drug-likeness (QED) is 0.885. The minimum Gasteiger partial charge on any atom is -0.381 e. The summed E-state index contributed by atoms with van der Waals surface area (Å²) in [4.78, 5) is 0. The Balaban J connectivity index is 1.91.